The van der Waals surface area contributed by atoms with Gasteiger partial charge in [-0.15, -0.1) is 0 Å². The number of hydrogen-bond donors (Lipinski definition) is 0. The Kier molecular flexibility index (Phi) is 6.45. The van der Waals surface area contributed by atoms with Crippen LogP contribution < -0.4 is 4.74 Å². The molecule has 0 unspecified atom stereocenters. The van der Waals surface area contributed by atoms with Gasteiger partial charge in [-0.1, -0.05) is 11.6 Å². The van der Waals surface area contributed by atoms with E-state index >= 15 is 0 Å². The van der Waals surface area contributed by atoms with Gasteiger partial charge >= 0.3 is 11.9 Å². The third-order valence-electron chi connectivity index (χ3n) is 2.39. The van der Waals surface area contributed by atoms with Gasteiger partial charge in [0.1, 0.15) is 23.2 Å². The van der Waals surface area contributed by atoms with Crippen molar-refractivity contribution in [1.29, 1.82) is 0 Å². The van der Waals surface area contributed by atoms with Gasteiger partial charge in [0, 0.05) is 5.02 Å². The number of hydrogen-bond acceptors (Lipinski definition) is 6. The van der Waals surface area contributed by atoms with Gasteiger partial charge in [0.25, 0.3) is 0 Å². The van der Waals surface area contributed by atoms with Gasteiger partial charge < -0.3 is 18.9 Å². The molecule has 0 aliphatic rings. The summed E-state index contributed by atoms with van der Waals surface area (Å²) in [6.07, 6.45) is 1.07. The molecule has 0 N–H and O–H groups in total. The Balaban J connectivity index is 3.19. The van der Waals surface area contributed by atoms with Gasteiger partial charge in [0.2, 0.25) is 5.76 Å². The first-order chi connectivity index (χ1) is 10.7. The number of rotatable bonds is 5. The number of carbonyl (C=O) groups excluding carboxylic acids is 2. The molecular formula is C16H19ClO6. The molecule has 0 bridgehead atoms. The predicted octanol–water partition coefficient (Wildman–Crippen LogP) is 3.33. The lowest BCUT2D eigenvalue weighted by molar-refractivity contribution is -0.138. The van der Waals surface area contributed by atoms with Crippen LogP contribution in [0.25, 0.3) is 0 Å². The van der Waals surface area contributed by atoms with Crippen LogP contribution in [0.4, 0.5) is 0 Å². The standard InChI is InChI=1S/C16H19ClO6/c1-16(2,3)23-14(18)11-8-10(17)6-7-12(11)22-13(9-20-4)15(19)21-5/h6-9H,1-5H3/b13-9+. The highest BCUT2D eigenvalue weighted by atomic mass is 35.5. The summed E-state index contributed by atoms with van der Waals surface area (Å²) in [5, 5.41) is 0.327. The SMILES string of the molecule is CO/C=C(/Oc1ccc(Cl)cc1C(=O)OC(C)(C)C)C(=O)OC. The molecule has 0 radical (unpaired) electrons. The topological polar surface area (TPSA) is 71.1 Å². The van der Waals surface area contributed by atoms with Crippen LogP contribution in [0.15, 0.2) is 30.2 Å². The monoisotopic (exact) mass is 342 g/mol. The lowest BCUT2D eigenvalue weighted by Crippen LogP contribution is -2.24. The Morgan fingerprint density at radius 2 is 1.83 bits per heavy atom. The minimum Gasteiger partial charge on any atom is -0.500 e. The van der Waals surface area contributed by atoms with E-state index in [2.05, 4.69) is 4.74 Å². The maximum absolute atomic E-state index is 12.3. The van der Waals surface area contributed by atoms with Crippen LogP contribution in [0.3, 0.4) is 0 Å². The summed E-state index contributed by atoms with van der Waals surface area (Å²) in [4.78, 5) is 23.9. The van der Waals surface area contributed by atoms with Crippen molar-refractivity contribution in [3.63, 3.8) is 0 Å². The van der Waals surface area contributed by atoms with E-state index in [0.717, 1.165) is 6.26 Å². The average molecular weight is 343 g/mol. The molecule has 0 amide bonds. The van der Waals surface area contributed by atoms with E-state index in [1.54, 1.807) is 20.8 Å². The zero-order valence-corrected chi connectivity index (χ0v) is 14.4. The number of carbonyl (C=O) groups is 2. The summed E-state index contributed by atoms with van der Waals surface area (Å²) < 4.78 is 20.1. The van der Waals surface area contributed by atoms with E-state index in [1.807, 2.05) is 0 Å². The molecule has 1 rings (SSSR count). The molecule has 0 aliphatic carbocycles. The van der Waals surface area contributed by atoms with Crippen molar-refractivity contribution >= 4 is 23.5 Å². The summed E-state index contributed by atoms with van der Waals surface area (Å²) in [6.45, 7) is 5.21. The number of ether oxygens (including phenoxy) is 4. The first-order valence-electron chi connectivity index (χ1n) is 6.70. The van der Waals surface area contributed by atoms with Crippen molar-refractivity contribution in [2.45, 2.75) is 26.4 Å². The lowest BCUT2D eigenvalue weighted by atomic mass is 10.1. The fourth-order valence-corrected chi connectivity index (χ4v) is 1.70. The number of methoxy groups -OCH3 is 2. The summed E-state index contributed by atoms with van der Waals surface area (Å²) in [7, 11) is 2.55. The average Bonchev–Trinajstić information content (AvgIpc) is 2.45. The molecule has 126 valence electrons. The van der Waals surface area contributed by atoms with E-state index in [0.29, 0.717) is 5.02 Å². The fraction of sp³-hybridized carbons (Fsp3) is 0.375. The summed E-state index contributed by atoms with van der Waals surface area (Å²) in [5.41, 5.74) is -0.608. The zero-order chi connectivity index (χ0) is 17.6. The van der Waals surface area contributed by atoms with E-state index in [1.165, 1.54) is 32.4 Å². The van der Waals surface area contributed by atoms with Crippen molar-refractivity contribution in [2.24, 2.45) is 0 Å². The Hall–Kier alpha value is -2.21. The number of halogens is 1. The maximum Gasteiger partial charge on any atom is 0.377 e. The quantitative estimate of drug-likeness (QED) is 0.464. The molecule has 23 heavy (non-hydrogen) atoms. The molecule has 0 fully saturated rings. The van der Waals surface area contributed by atoms with Gasteiger partial charge in [-0.3, -0.25) is 0 Å². The van der Waals surface area contributed by atoms with Gasteiger partial charge in [0.05, 0.1) is 14.2 Å². The molecule has 7 heteroatoms. The lowest BCUT2D eigenvalue weighted by Gasteiger charge is -2.20. The Morgan fingerprint density at radius 3 is 2.35 bits per heavy atom. The van der Waals surface area contributed by atoms with Crippen LogP contribution in [0.5, 0.6) is 5.75 Å². The Bertz CT molecular complexity index is 615. The maximum atomic E-state index is 12.3. The second-order valence-corrected chi connectivity index (χ2v) is 5.89. The minimum absolute atomic E-state index is 0.0818. The summed E-state index contributed by atoms with van der Waals surface area (Å²) >= 11 is 5.93. The molecule has 0 spiro atoms. The molecule has 1 aromatic rings. The highest BCUT2D eigenvalue weighted by molar-refractivity contribution is 6.31. The van der Waals surface area contributed by atoms with E-state index in [4.69, 9.17) is 25.8 Å². The van der Waals surface area contributed by atoms with Crippen molar-refractivity contribution in [2.75, 3.05) is 14.2 Å². The molecule has 0 aromatic heterocycles. The van der Waals surface area contributed by atoms with Crippen LogP contribution in [0.2, 0.25) is 5.02 Å². The van der Waals surface area contributed by atoms with Gasteiger partial charge in [-0.2, -0.15) is 0 Å². The van der Waals surface area contributed by atoms with E-state index < -0.39 is 17.5 Å². The van der Waals surface area contributed by atoms with Crippen molar-refractivity contribution < 1.29 is 28.5 Å². The first-order valence-corrected chi connectivity index (χ1v) is 7.07. The van der Waals surface area contributed by atoms with Crippen molar-refractivity contribution in [1.82, 2.24) is 0 Å². The van der Waals surface area contributed by atoms with E-state index in [-0.39, 0.29) is 17.1 Å². The van der Waals surface area contributed by atoms with Crippen molar-refractivity contribution in [3.8, 4) is 5.75 Å². The highest BCUT2D eigenvalue weighted by Gasteiger charge is 2.23. The van der Waals surface area contributed by atoms with Gasteiger partial charge in [0.15, 0.2) is 0 Å². The van der Waals surface area contributed by atoms with Crippen LogP contribution in [-0.2, 0) is 19.0 Å². The molecule has 6 nitrogen and oxygen atoms in total. The summed E-state index contributed by atoms with van der Waals surface area (Å²) in [6, 6.07) is 4.37. The molecule has 0 aliphatic heterocycles. The molecule has 1 aromatic carbocycles. The van der Waals surface area contributed by atoms with Gasteiger partial charge in [-0.05, 0) is 39.0 Å². The minimum atomic E-state index is -0.753. The molecular weight excluding hydrogens is 324 g/mol. The molecule has 0 atom stereocenters. The van der Waals surface area contributed by atoms with Crippen LogP contribution >= 0.6 is 11.6 Å². The first kappa shape index (κ1) is 18.8. The third-order valence-corrected chi connectivity index (χ3v) is 2.63. The highest BCUT2D eigenvalue weighted by Crippen LogP contribution is 2.27. The Morgan fingerprint density at radius 1 is 1.17 bits per heavy atom. The van der Waals surface area contributed by atoms with E-state index in [9.17, 15) is 9.59 Å². The Labute approximate surface area is 139 Å². The van der Waals surface area contributed by atoms with Crippen LogP contribution in [-0.4, -0.2) is 31.8 Å². The molecule has 0 saturated carbocycles. The summed E-state index contributed by atoms with van der Waals surface area (Å²) in [5.74, 6) is -1.51. The van der Waals surface area contributed by atoms with Crippen molar-refractivity contribution in [3.05, 3.63) is 40.8 Å². The largest absolute Gasteiger partial charge is 0.500 e. The third kappa shape index (κ3) is 5.83. The smallest absolute Gasteiger partial charge is 0.377 e. The van der Waals surface area contributed by atoms with Crippen LogP contribution in [0.1, 0.15) is 31.1 Å². The molecule has 0 saturated heterocycles. The molecule has 0 heterocycles. The number of esters is 2. The normalized spacial score (nSPS) is 11.7. The van der Waals surface area contributed by atoms with Crippen LogP contribution in [0, 0.1) is 0 Å². The second kappa shape index (κ2) is 7.87. The predicted molar refractivity (Wildman–Crippen MR) is 84.4 cm³/mol. The number of benzene rings is 1. The fourth-order valence-electron chi connectivity index (χ4n) is 1.52. The zero-order valence-electron chi connectivity index (χ0n) is 13.6. The second-order valence-electron chi connectivity index (χ2n) is 5.45. The van der Waals surface area contributed by atoms with Gasteiger partial charge in [-0.25, -0.2) is 9.59 Å².